The molecule has 0 spiro atoms. The van der Waals surface area contributed by atoms with Crippen molar-refractivity contribution < 1.29 is 0 Å². The fourth-order valence-electron chi connectivity index (χ4n) is 0.488. The maximum absolute atomic E-state index is 6.95. The Hall–Kier alpha value is -0.180. The summed E-state index contributed by atoms with van der Waals surface area (Å²) >= 11 is 1.74. The number of amidine groups is 1. The van der Waals surface area contributed by atoms with E-state index in [4.69, 9.17) is 11.1 Å². The predicted octanol–water partition coefficient (Wildman–Crippen LogP) is 1.70. The summed E-state index contributed by atoms with van der Waals surface area (Å²) in [4.78, 5) is 0. The van der Waals surface area contributed by atoms with Crippen LogP contribution < -0.4 is 5.73 Å². The Morgan fingerprint density at radius 2 is 2.30 bits per heavy atom. The Labute approximate surface area is 67.1 Å². The lowest BCUT2D eigenvalue weighted by Crippen LogP contribution is -2.13. The Morgan fingerprint density at radius 3 is 2.70 bits per heavy atom. The van der Waals surface area contributed by atoms with Crippen molar-refractivity contribution in [2.45, 2.75) is 20.3 Å². The first-order valence-electron chi connectivity index (χ1n) is 3.57. The molecule has 0 heterocycles. The van der Waals surface area contributed by atoms with E-state index in [1.54, 1.807) is 11.8 Å². The van der Waals surface area contributed by atoms with Crippen molar-refractivity contribution in [2.24, 2.45) is 11.7 Å². The molecule has 0 radical (unpaired) electrons. The third-order valence-corrected chi connectivity index (χ3v) is 2.68. The standard InChI is InChI=1S/C7H16N2S/c1-3-6(2)4-10-5-7(8)9/h6H,3-5H2,1-2H3,(H3,8,9). The van der Waals surface area contributed by atoms with E-state index in [0.717, 1.165) is 11.7 Å². The number of nitrogens with one attached hydrogen (secondary N) is 1. The van der Waals surface area contributed by atoms with Crippen LogP contribution in [0.2, 0.25) is 0 Å². The minimum absolute atomic E-state index is 0.285. The smallest absolute Gasteiger partial charge is 0.101 e. The molecule has 0 aromatic carbocycles. The lowest BCUT2D eigenvalue weighted by Gasteiger charge is -2.05. The Kier molecular flexibility index (Phi) is 5.49. The van der Waals surface area contributed by atoms with Crippen LogP contribution in [0.25, 0.3) is 0 Å². The number of nitrogens with two attached hydrogens (primary N) is 1. The summed E-state index contributed by atoms with van der Waals surface area (Å²) in [6.45, 7) is 4.39. The molecule has 0 saturated carbocycles. The highest BCUT2D eigenvalue weighted by molar-refractivity contribution is 7.99. The van der Waals surface area contributed by atoms with E-state index < -0.39 is 0 Å². The summed E-state index contributed by atoms with van der Waals surface area (Å²) in [5, 5.41) is 6.95. The van der Waals surface area contributed by atoms with Gasteiger partial charge in [-0.2, -0.15) is 11.8 Å². The van der Waals surface area contributed by atoms with Gasteiger partial charge >= 0.3 is 0 Å². The normalized spacial score (nSPS) is 13.0. The molecule has 3 N–H and O–H groups in total. The summed E-state index contributed by atoms with van der Waals surface area (Å²) < 4.78 is 0. The molecule has 3 heteroatoms. The number of hydrogen-bond acceptors (Lipinski definition) is 2. The second-order valence-corrected chi connectivity index (χ2v) is 3.58. The highest BCUT2D eigenvalue weighted by atomic mass is 32.2. The molecule has 0 aliphatic heterocycles. The Bertz CT molecular complexity index is 104. The first-order valence-corrected chi connectivity index (χ1v) is 4.73. The lowest BCUT2D eigenvalue weighted by molar-refractivity contribution is 0.637. The molecule has 10 heavy (non-hydrogen) atoms. The molecule has 60 valence electrons. The molecule has 1 atom stereocenters. The van der Waals surface area contributed by atoms with Gasteiger partial charge in [0.1, 0.15) is 5.84 Å². The van der Waals surface area contributed by atoms with Crippen LogP contribution in [0.5, 0.6) is 0 Å². The van der Waals surface area contributed by atoms with Crippen molar-refractivity contribution in [1.82, 2.24) is 0 Å². The fourth-order valence-corrected chi connectivity index (χ4v) is 1.46. The summed E-state index contributed by atoms with van der Waals surface area (Å²) in [7, 11) is 0. The van der Waals surface area contributed by atoms with Gasteiger partial charge in [-0.05, 0) is 11.7 Å². The summed E-state index contributed by atoms with van der Waals surface area (Å²) in [6, 6.07) is 0. The maximum Gasteiger partial charge on any atom is 0.101 e. The third-order valence-electron chi connectivity index (χ3n) is 1.36. The van der Waals surface area contributed by atoms with Gasteiger partial charge in [-0.25, -0.2) is 0 Å². The first-order chi connectivity index (χ1) is 4.66. The third kappa shape index (κ3) is 5.95. The number of hydrogen-bond donors (Lipinski definition) is 2. The van der Waals surface area contributed by atoms with E-state index in [9.17, 15) is 0 Å². The molecule has 0 aromatic rings. The molecule has 0 bridgehead atoms. The van der Waals surface area contributed by atoms with Crippen LogP contribution >= 0.6 is 11.8 Å². The van der Waals surface area contributed by atoms with E-state index in [0.29, 0.717) is 5.75 Å². The fraction of sp³-hybridized carbons (Fsp3) is 0.857. The van der Waals surface area contributed by atoms with E-state index in [2.05, 4.69) is 13.8 Å². The van der Waals surface area contributed by atoms with E-state index in [1.807, 2.05) is 0 Å². The molecule has 0 rings (SSSR count). The van der Waals surface area contributed by atoms with Gasteiger partial charge in [-0.15, -0.1) is 0 Å². The molecular weight excluding hydrogens is 144 g/mol. The summed E-state index contributed by atoms with van der Waals surface area (Å²) in [6.07, 6.45) is 1.21. The zero-order chi connectivity index (χ0) is 7.98. The number of thioether (sulfide) groups is 1. The number of rotatable bonds is 5. The molecule has 0 amide bonds. The first kappa shape index (κ1) is 9.82. The van der Waals surface area contributed by atoms with Crippen LogP contribution in [0, 0.1) is 11.3 Å². The summed E-state index contributed by atoms with van der Waals surface area (Å²) in [5.41, 5.74) is 5.18. The van der Waals surface area contributed by atoms with Crippen molar-refractivity contribution in [3.05, 3.63) is 0 Å². The SMILES string of the molecule is CCC(C)CSCC(=N)N. The van der Waals surface area contributed by atoms with Gasteiger partial charge in [0.25, 0.3) is 0 Å². The zero-order valence-corrected chi connectivity index (χ0v) is 7.50. The van der Waals surface area contributed by atoms with Gasteiger partial charge < -0.3 is 5.73 Å². The monoisotopic (exact) mass is 160 g/mol. The maximum atomic E-state index is 6.95. The zero-order valence-electron chi connectivity index (χ0n) is 6.68. The Balaban J connectivity index is 3.11. The van der Waals surface area contributed by atoms with Crippen molar-refractivity contribution >= 4 is 17.6 Å². The minimum Gasteiger partial charge on any atom is -0.387 e. The van der Waals surface area contributed by atoms with Crippen LogP contribution in [0.15, 0.2) is 0 Å². The van der Waals surface area contributed by atoms with E-state index in [1.165, 1.54) is 6.42 Å². The van der Waals surface area contributed by atoms with E-state index >= 15 is 0 Å². The second kappa shape index (κ2) is 5.59. The van der Waals surface area contributed by atoms with Crippen LogP contribution in [-0.4, -0.2) is 17.3 Å². The molecule has 0 aliphatic rings. The van der Waals surface area contributed by atoms with Crippen LogP contribution in [-0.2, 0) is 0 Å². The highest BCUT2D eigenvalue weighted by Crippen LogP contribution is 2.09. The van der Waals surface area contributed by atoms with Gasteiger partial charge in [0.15, 0.2) is 0 Å². The van der Waals surface area contributed by atoms with Crippen molar-refractivity contribution in [3.8, 4) is 0 Å². The molecule has 0 aliphatic carbocycles. The molecular formula is C7H16N2S. The quantitative estimate of drug-likeness (QED) is 0.475. The second-order valence-electron chi connectivity index (χ2n) is 2.55. The van der Waals surface area contributed by atoms with Crippen molar-refractivity contribution in [2.75, 3.05) is 11.5 Å². The van der Waals surface area contributed by atoms with Gasteiger partial charge in [0, 0.05) is 0 Å². The van der Waals surface area contributed by atoms with Gasteiger partial charge in [-0.1, -0.05) is 20.3 Å². The topological polar surface area (TPSA) is 49.9 Å². The van der Waals surface area contributed by atoms with Gasteiger partial charge in [0.2, 0.25) is 0 Å². The van der Waals surface area contributed by atoms with E-state index in [-0.39, 0.29) is 5.84 Å². The van der Waals surface area contributed by atoms with Gasteiger partial charge in [0.05, 0.1) is 5.75 Å². The average Bonchev–Trinajstić information content (AvgIpc) is 1.87. The summed E-state index contributed by atoms with van der Waals surface area (Å²) in [5.74, 6) is 2.85. The molecule has 2 nitrogen and oxygen atoms in total. The lowest BCUT2D eigenvalue weighted by atomic mass is 10.2. The van der Waals surface area contributed by atoms with Gasteiger partial charge in [-0.3, -0.25) is 5.41 Å². The minimum atomic E-state index is 0.285. The largest absolute Gasteiger partial charge is 0.387 e. The highest BCUT2D eigenvalue weighted by Gasteiger charge is 1.98. The van der Waals surface area contributed by atoms with Crippen molar-refractivity contribution in [1.29, 1.82) is 5.41 Å². The molecule has 1 unspecified atom stereocenters. The average molecular weight is 160 g/mol. The van der Waals surface area contributed by atoms with Crippen LogP contribution in [0.1, 0.15) is 20.3 Å². The molecule has 0 saturated heterocycles. The molecule has 0 aromatic heterocycles. The predicted molar refractivity (Wildman–Crippen MR) is 48.7 cm³/mol. The Morgan fingerprint density at radius 1 is 1.70 bits per heavy atom. The van der Waals surface area contributed by atoms with Crippen LogP contribution in [0.4, 0.5) is 0 Å². The van der Waals surface area contributed by atoms with Crippen molar-refractivity contribution in [3.63, 3.8) is 0 Å². The van der Waals surface area contributed by atoms with Crippen LogP contribution in [0.3, 0.4) is 0 Å². The molecule has 0 fully saturated rings.